The maximum absolute atomic E-state index is 13.1. The van der Waals surface area contributed by atoms with E-state index in [0.29, 0.717) is 29.9 Å². The average Bonchev–Trinajstić information content (AvgIpc) is 3.56. The smallest absolute Gasteiger partial charge is 0.416 e. The van der Waals surface area contributed by atoms with Gasteiger partial charge in [-0.25, -0.2) is 4.79 Å². The molecule has 6 nitrogen and oxygen atoms in total. The molecule has 206 valence electrons. The minimum Gasteiger partial charge on any atom is -0.488 e. The molecule has 0 bridgehead atoms. The number of ether oxygens (including phenoxy) is 1. The monoisotopic (exact) mass is 539 g/mol. The summed E-state index contributed by atoms with van der Waals surface area (Å²) in [4.78, 5) is 13.1. The summed E-state index contributed by atoms with van der Waals surface area (Å²) >= 11 is 0. The first-order chi connectivity index (χ1) is 18.8. The van der Waals surface area contributed by atoms with Crippen LogP contribution in [-0.4, -0.2) is 54.4 Å². The highest BCUT2D eigenvalue weighted by Crippen LogP contribution is 2.44. The molecule has 1 aliphatic carbocycles. The number of likely N-dealkylation sites (tertiary alicyclic amines) is 1. The normalized spacial score (nSPS) is 21.1. The van der Waals surface area contributed by atoms with Crippen molar-refractivity contribution >= 4 is 6.09 Å². The molecule has 1 amide bonds. The second kappa shape index (κ2) is 11.7. The number of alkyl halides is 3. The number of benzene rings is 3. The van der Waals surface area contributed by atoms with Gasteiger partial charge in [0.2, 0.25) is 0 Å². The molecule has 3 atom stereocenters. The number of nitrogens with one attached hydrogen (secondary N) is 2. The molecule has 2 aliphatic rings. The fourth-order valence-electron chi connectivity index (χ4n) is 5.23. The maximum atomic E-state index is 13.1. The van der Waals surface area contributed by atoms with E-state index >= 15 is 0 Å². The highest BCUT2D eigenvalue weighted by molar-refractivity contribution is 5.72. The quantitative estimate of drug-likeness (QED) is 0.307. The van der Waals surface area contributed by atoms with E-state index < -0.39 is 17.8 Å². The van der Waals surface area contributed by atoms with Gasteiger partial charge in [0.25, 0.3) is 0 Å². The predicted octanol–water partition coefficient (Wildman–Crippen LogP) is 5.74. The van der Waals surface area contributed by atoms with Crippen molar-refractivity contribution < 1.29 is 27.8 Å². The Morgan fingerprint density at radius 3 is 2.54 bits per heavy atom. The number of hydrogen-bond acceptors (Lipinski definition) is 4. The van der Waals surface area contributed by atoms with Gasteiger partial charge in [-0.2, -0.15) is 13.2 Å². The summed E-state index contributed by atoms with van der Waals surface area (Å²) in [7, 11) is 0. The molecule has 0 spiro atoms. The van der Waals surface area contributed by atoms with Gasteiger partial charge >= 0.3 is 12.3 Å². The van der Waals surface area contributed by atoms with Gasteiger partial charge in [-0.1, -0.05) is 48.5 Å². The van der Waals surface area contributed by atoms with E-state index in [1.807, 2.05) is 48.5 Å². The Hall–Kier alpha value is -3.56. The zero-order valence-electron chi connectivity index (χ0n) is 21.5. The lowest BCUT2D eigenvalue weighted by Gasteiger charge is -2.17. The first-order valence-electron chi connectivity index (χ1n) is 13.2. The predicted molar refractivity (Wildman–Crippen MR) is 143 cm³/mol. The number of carboxylic acid groups (broad SMARTS) is 1. The van der Waals surface area contributed by atoms with Crippen LogP contribution in [0.4, 0.5) is 18.0 Å². The largest absolute Gasteiger partial charge is 0.488 e. The lowest BCUT2D eigenvalue weighted by atomic mass is 9.98. The SMILES string of the molecule is O=C(O)N[C@@H]1CCN(CCN[C@@H]2C[C@H]2c2ccc(OCc3ccccc3)c(-c3ccc(C(F)(F)F)cc3)c2)C1. The first-order valence-corrected chi connectivity index (χ1v) is 13.2. The van der Waals surface area contributed by atoms with Crippen LogP contribution in [0.25, 0.3) is 11.1 Å². The van der Waals surface area contributed by atoms with Crippen molar-refractivity contribution in [2.45, 2.75) is 43.6 Å². The Morgan fingerprint density at radius 1 is 1.05 bits per heavy atom. The number of carbonyl (C=O) groups is 1. The molecular weight excluding hydrogens is 507 g/mol. The lowest BCUT2D eigenvalue weighted by molar-refractivity contribution is -0.137. The Bertz CT molecular complexity index is 1270. The Morgan fingerprint density at radius 2 is 1.82 bits per heavy atom. The van der Waals surface area contributed by atoms with Gasteiger partial charge in [0.05, 0.1) is 5.56 Å². The van der Waals surface area contributed by atoms with Crippen LogP contribution in [0.15, 0.2) is 72.8 Å². The van der Waals surface area contributed by atoms with E-state index in [4.69, 9.17) is 9.84 Å². The highest BCUT2D eigenvalue weighted by atomic mass is 19.4. The highest BCUT2D eigenvalue weighted by Gasteiger charge is 2.38. The third-order valence-electron chi connectivity index (χ3n) is 7.42. The summed E-state index contributed by atoms with van der Waals surface area (Å²) in [6.07, 6.45) is -3.56. The third-order valence-corrected chi connectivity index (χ3v) is 7.42. The van der Waals surface area contributed by atoms with Crippen molar-refractivity contribution in [2.24, 2.45) is 0 Å². The van der Waals surface area contributed by atoms with Crippen LogP contribution in [0.3, 0.4) is 0 Å². The molecule has 5 rings (SSSR count). The Balaban J connectivity index is 1.24. The topological polar surface area (TPSA) is 73.8 Å². The average molecular weight is 540 g/mol. The molecule has 1 aliphatic heterocycles. The van der Waals surface area contributed by atoms with Gasteiger partial charge in [0.15, 0.2) is 0 Å². The van der Waals surface area contributed by atoms with E-state index in [1.165, 1.54) is 12.1 Å². The van der Waals surface area contributed by atoms with Gasteiger partial charge in [-0.3, -0.25) is 4.90 Å². The van der Waals surface area contributed by atoms with Crippen molar-refractivity contribution in [2.75, 3.05) is 26.2 Å². The lowest BCUT2D eigenvalue weighted by Crippen LogP contribution is -2.37. The summed E-state index contributed by atoms with van der Waals surface area (Å²) in [6, 6.07) is 21.3. The number of halogens is 3. The standard InChI is InChI=1S/C30H32F3N3O3/c31-30(32,33)23-9-6-21(7-10-23)26-16-22(8-11-28(26)39-19-20-4-2-1-3-5-20)25-17-27(25)34-13-15-36-14-12-24(18-36)35-29(37)38/h1-11,16,24-25,27,34-35H,12-15,17-19H2,(H,37,38)/t24-,25+,27-/m1/s1. The van der Waals surface area contributed by atoms with E-state index in [1.54, 1.807) is 0 Å². The summed E-state index contributed by atoms with van der Waals surface area (Å²) in [5.41, 5.74) is 2.91. The molecule has 3 aromatic rings. The summed E-state index contributed by atoms with van der Waals surface area (Å²) in [6.45, 7) is 3.63. The van der Waals surface area contributed by atoms with Gasteiger partial charge in [0, 0.05) is 49.7 Å². The number of amides is 1. The molecule has 1 saturated carbocycles. The molecule has 1 heterocycles. The van der Waals surface area contributed by atoms with Crippen molar-refractivity contribution in [1.82, 2.24) is 15.5 Å². The zero-order chi connectivity index (χ0) is 27.4. The Kier molecular flexibility index (Phi) is 8.09. The molecule has 2 fully saturated rings. The van der Waals surface area contributed by atoms with Crippen LogP contribution in [0.2, 0.25) is 0 Å². The molecule has 3 aromatic carbocycles. The van der Waals surface area contributed by atoms with Crippen molar-refractivity contribution in [3.63, 3.8) is 0 Å². The van der Waals surface area contributed by atoms with Crippen LogP contribution < -0.4 is 15.4 Å². The van der Waals surface area contributed by atoms with Gasteiger partial charge in [-0.15, -0.1) is 0 Å². The van der Waals surface area contributed by atoms with Gasteiger partial charge in [0.1, 0.15) is 12.4 Å². The van der Waals surface area contributed by atoms with Crippen LogP contribution >= 0.6 is 0 Å². The molecule has 39 heavy (non-hydrogen) atoms. The maximum Gasteiger partial charge on any atom is 0.416 e. The second-order valence-corrected chi connectivity index (χ2v) is 10.2. The van der Waals surface area contributed by atoms with Gasteiger partial charge in [-0.05, 0) is 53.8 Å². The fourth-order valence-corrected chi connectivity index (χ4v) is 5.23. The van der Waals surface area contributed by atoms with E-state index in [0.717, 1.165) is 67.8 Å². The van der Waals surface area contributed by atoms with E-state index in [-0.39, 0.29) is 6.04 Å². The summed E-state index contributed by atoms with van der Waals surface area (Å²) in [5, 5.41) is 15.0. The molecule has 0 aromatic heterocycles. The molecular formula is C30H32F3N3O3. The summed E-state index contributed by atoms with van der Waals surface area (Å²) < 4.78 is 45.5. The van der Waals surface area contributed by atoms with Crippen molar-refractivity contribution in [3.05, 3.63) is 89.5 Å². The fraction of sp³-hybridized carbons (Fsp3) is 0.367. The zero-order valence-corrected chi connectivity index (χ0v) is 21.5. The summed E-state index contributed by atoms with van der Waals surface area (Å²) in [5.74, 6) is 0.951. The number of nitrogens with zero attached hydrogens (tertiary/aromatic N) is 1. The van der Waals surface area contributed by atoms with Crippen molar-refractivity contribution in [3.8, 4) is 16.9 Å². The molecule has 0 radical (unpaired) electrons. The Labute approximate surface area is 225 Å². The number of hydrogen-bond donors (Lipinski definition) is 3. The van der Waals surface area contributed by atoms with Crippen LogP contribution in [0.5, 0.6) is 5.75 Å². The number of rotatable bonds is 10. The minimum absolute atomic E-state index is 0.0117. The van der Waals surface area contributed by atoms with Crippen LogP contribution in [0.1, 0.15) is 35.4 Å². The molecule has 9 heteroatoms. The van der Waals surface area contributed by atoms with E-state index in [2.05, 4.69) is 15.5 Å². The third kappa shape index (κ3) is 7.10. The van der Waals surface area contributed by atoms with E-state index in [9.17, 15) is 18.0 Å². The van der Waals surface area contributed by atoms with Gasteiger partial charge < -0.3 is 20.5 Å². The first kappa shape index (κ1) is 27.0. The second-order valence-electron chi connectivity index (χ2n) is 10.2. The molecule has 1 saturated heterocycles. The minimum atomic E-state index is -4.39. The van der Waals surface area contributed by atoms with Crippen molar-refractivity contribution in [1.29, 1.82) is 0 Å². The molecule has 3 N–H and O–H groups in total. The molecule has 0 unspecified atom stereocenters. The van der Waals surface area contributed by atoms with Crippen LogP contribution in [0, 0.1) is 0 Å². The van der Waals surface area contributed by atoms with Crippen LogP contribution in [-0.2, 0) is 12.8 Å².